The van der Waals surface area contributed by atoms with E-state index in [-0.39, 0.29) is 17.7 Å². The van der Waals surface area contributed by atoms with Crippen LogP contribution in [0.4, 0.5) is 4.39 Å². The molecule has 1 saturated heterocycles. The number of benzene rings is 2. The normalized spacial score (nSPS) is 15.5. The topological polar surface area (TPSA) is 66.3 Å². The van der Waals surface area contributed by atoms with Crippen molar-refractivity contribution in [3.8, 4) is 10.6 Å². The number of aromatic nitrogens is 2. The number of hydrogen-bond donors (Lipinski definition) is 1. The number of thiazole rings is 1. The highest BCUT2D eigenvalue weighted by Crippen LogP contribution is 2.35. The van der Waals surface area contributed by atoms with Crippen molar-refractivity contribution < 1.29 is 14.3 Å². The molecule has 5 nitrogen and oxygen atoms in total. The zero-order valence-electron chi connectivity index (χ0n) is 18.2. The van der Waals surface area contributed by atoms with Crippen LogP contribution in [-0.2, 0) is 11.3 Å². The summed E-state index contributed by atoms with van der Waals surface area (Å²) in [6.07, 6.45) is 2.76. The van der Waals surface area contributed by atoms with Crippen molar-refractivity contribution in [1.82, 2.24) is 14.9 Å². The molecule has 1 unspecified atom stereocenters. The summed E-state index contributed by atoms with van der Waals surface area (Å²) < 4.78 is 16.0. The van der Waals surface area contributed by atoms with Gasteiger partial charge in [0.1, 0.15) is 10.8 Å². The van der Waals surface area contributed by atoms with Gasteiger partial charge >= 0.3 is 5.97 Å². The molecular weight excluding hydrogens is 437 g/mol. The molecule has 1 N–H and O–H groups in total. The van der Waals surface area contributed by atoms with Gasteiger partial charge in [-0.3, -0.25) is 14.7 Å². The summed E-state index contributed by atoms with van der Waals surface area (Å²) in [5, 5.41) is 9.67. The molecule has 33 heavy (non-hydrogen) atoms. The molecule has 4 aromatic rings. The first kappa shape index (κ1) is 21.7. The van der Waals surface area contributed by atoms with Crippen LogP contribution in [0.1, 0.15) is 36.1 Å². The number of fused-ring (bicyclic) bond motifs is 1. The molecule has 1 aliphatic heterocycles. The van der Waals surface area contributed by atoms with Crippen molar-refractivity contribution in [3.63, 3.8) is 0 Å². The standard InChI is InChI=1S/C26H24FN3O2S/c1-2-19(22-5-3-4-10-28-22)17-7-9-23-24(12-17)33-25(29-23)20-8-6-16(11-21(20)27)13-30-14-18(15-30)26(31)32/h3-12,18-19H,2,13-15H2,1H3,(H,31,32). The van der Waals surface area contributed by atoms with Crippen LogP contribution in [0.15, 0.2) is 60.8 Å². The number of hydrogen-bond acceptors (Lipinski definition) is 5. The molecular formula is C26H24FN3O2S. The Labute approximate surface area is 195 Å². The molecule has 1 atom stereocenters. The maximum absolute atomic E-state index is 15.0. The van der Waals surface area contributed by atoms with Crippen LogP contribution >= 0.6 is 11.3 Å². The Morgan fingerprint density at radius 3 is 2.76 bits per heavy atom. The van der Waals surface area contributed by atoms with Gasteiger partial charge in [0.15, 0.2) is 0 Å². The second kappa shape index (κ2) is 9.00. The molecule has 168 valence electrons. The van der Waals surface area contributed by atoms with Crippen molar-refractivity contribution >= 4 is 27.5 Å². The van der Waals surface area contributed by atoms with E-state index in [0.29, 0.717) is 30.2 Å². The van der Waals surface area contributed by atoms with Crippen molar-refractivity contribution in [2.75, 3.05) is 13.1 Å². The first-order valence-electron chi connectivity index (χ1n) is 11.1. The fourth-order valence-electron chi connectivity index (χ4n) is 4.41. The third kappa shape index (κ3) is 4.38. The fraction of sp³-hybridized carbons (Fsp3) is 0.269. The van der Waals surface area contributed by atoms with Gasteiger partial charge < -0.3 is 5.11 Å². The second-order valence-corrected chi connectivity index (χ2v) is 9.54. The van der Waals surface area contributed by atoms with Gasteiger partial charge in [0, 0.05) is 43.0 Å². The molecule has 0 amide bonds. The molecule has 7 heteroatoms. The quantitative estimate of drug-likeness (QED) is 0.391. The Hall–Kier alpha value is -3.16. The van der Waals surface area contributed by atoms with Gasteiger partial charge in [-0.2, -0.15) is 0 Å². The third-order valence-corrected chi connectivity index (χ3v) is 7.30. The molecule has 0 radical (unpaired) electrons. The average molecular weight is 462 g/mol. The summed E-state index contributed by atoms with van der Waals surface area (Å²) in [5.41, 5.74) is 4.42. The Kier molecular flexibility index (Phi) is 5.91. The summed E-state index contributed by atoms with van der Waals surface area (Å²) in [5.74, 6) is -1.18. The van der Waals surface area contributed by atoms with Crippen molar-refractivity contribution in [2.24, 2.45) is 5.92 Å². The van der Waals surface area contributed by atoms with E-state index < -0.39 is 5.97 Å². The summed E-state index contributed by atoms with van der Waals surface area (Å²) in [6, 6.07) is 17.4. The smallest absolute Gasteiger partial charge is 0.309 e. The summed E-state index contributed by atoms with van der Waals surface area (Å²) >= 11 is 1.49. The lowest BCUT2D eigenvalue weighted by Gasteiger charge is -2.36. The highest BCUT2D eigenvalue weighted by Gasteiger charge is 2.32. The first-order chi connectivity index (χ1) is 16.0. The van der Waals surface area contributed by atoms with E-state index in [2.05, 4.69) is 35.1 Å². The molecule has 0 aliphatic carbocycles. The number of carbonyl (C=O) groups is 1. The molecule has 0 spiro atoms. The van der Waals surface area contributed by atoms with Crippen LogP contribution in [0.5, 0.6) is 0 Å². The molecule has 2 aromatic carbocycles. The predicted molar refractivity (Wildman–Crippen MR) is 128 cm³/mol. The molecule has 5 rings (SSSR count). The Morgan fingerprint density at radius 1 is 1.21 bits per heavy atom. The number of pyridine rings is 1. The highest BCUT2D eigenvalue weighted by atomic mass is 32.1. The molecule has 0 bridgehead atoms. The first-order valence-corrected chi connectivity index (χ1v) is 11.9. The van der Waals surface area contributed by atoms with Gasteiger partial charge in [-0.25, -0.2) is 9.37 Å². The van der Waals surface area contributed by atoms with E-state index in [1.165, 1.54) is 23.0 Å². The summed E-state index contributed by atoms with van der Waals surface area (Å²) in [7, 11) is 0. The number of likely N-dealkylation sites (tertiary alicyclic amines) is 1. The zero-order chi connectivity index (χ0) is 22.9. The largest absolute Gasteiger partial charge is 0.481 e. The van der Waals surface area contributed by atoms with Crippen LogP contribution in [0.3, 0.4) is 0 Å². The van der Waals surface area contributed by atoms with E-state index in [9.17, 15) is 9.18 Å². The van der Waals surface area contributed by atoms with Crippen LogP contribution in [0.2, 0.25) is 0 Å². The Balaban J connectivity index is 1.37. The fourth-order valence-corrected chi connectivity index (χ4v) is 5.46. The maximum Gasteiger partial charge on any atom is 0.309 e. The molecule has 2 aromatic heterocycles. The molecule has 0 saturated carbocycles. The van der Waals surface area contributed by atoms with Gasteiger partial charge in [0.2, 0.25) is 0 Å². The van der Waals surface area contributed by atoms with Gasteiger partial charge in [-0.05, 0) is 53.9 Å². The van der Waals surface area contributed by atoms with Crippen LogP contribution in [0.25, 0.3) is 20.8 Å². The lowest BCUT2D eigenvalue weighted by molar-refractivity contribution is -0.147. The lowest BCUT2D eigenvalue weighted by atomic mass is 9.93. The van der Waals surface area contributed by atoms with E-state index in [0.717, 1.165) is 27.9 Å². The van der Waals surface area contributed by atoms with E-state index in [4.69, 9.17) is 5.11 Å². The lowest BCUT2D eigenvalue weighted by Crippen LogP contribution is -2.49. The minimum Gasteiger partial charge on any atom is -0.481 e. The number of aliphatic carboxylic acids is 1. The van der Waals surface area contributed by atoms with Crippen LogP contribution in [0, 0.1) is 11.7 Å². The second-order valence-electron chi connectivity index (χ2n) is 8.51. The van der Waals surface area contributed by atoms with Crippen molar-refractivity contribution in [1.29, 1.82) is 0 Å². The Morgan fingerprint density at radius 2 is 2.06 bits per heavy atom. The number of rotatable bonds is 7. The van der Waals surface area contributed by atoms with Gasteiger partial charge in [-0.15, -0.1) is 11.3 Å². The van der Waals surface area contributed by atoms with Crippen molar-refractivity contribution in [2.45, 2.75) is 25.8 Å². The minimum absolute atomic E-state index is 0.208. The molecule has 3 heterocycles. The number of carboxylic acid groups (broad SMARTS) is 1. The highest BCUT2D eigenvalue weighted by molar-refractivity contribution is 7.21. The maximum atomic E-state index is 15.0. The van der Waals surface area contributed by atoms with Gasteiger partial charge in [-0.1, -0.05) is 25.1 Å². The molecule has 1 fully saturated rings. The third-order valence-electron chi connectivity index (χ3n) is 6.24. The molecule has 1 aliphatic rings. The van der Waals surface area contributed by atoms with Crippen molar-refractivity contribution in [3.05, 3.63) is 83.4 Å². The summed E-state index contributed by atoms with van der Waals surface area (Å²) in [4.78, 5) is 22.2. The van der Waals surface area contributed by atoms with Gasteiger partial charge in [0.25, 0.3) is 0 Å². The number of halogens is 1. The van der Waals surface area contributed by atoms with Gasteiger partial charge in [0.05, 0.1) is 16.1 Å². The SMILES string of the molecule is CCC(c1ccc2nc(-c3ccc(CN4CC(C(=O)O)C4)cc3F)sc2c1)c1ccccn1. The predicted octanol–water partition coefficient (Wildman–Crippen LogP) is 5.56. The monoisotopic (exact) mass is 461 g/mol. The van der Waals surface area contributed by atoms with E-state index >= 15 is 0 Å². The average Bonchev–Trinajstić information content (AvgIpc) is 3.20. The zero-order valence-corrected chi connectivity index (χ0v) is 19.1. The number of nitrogens with zero attached hydrogens (tertiary/aromatic N) is 3. The van der Waals surface area contributed by atoms with E-state index in [1.807, 2.05) is 35.4 Å². The van der Waals surface area contributed by atoms with Crippen LogP contribution < -0.4 is 0 Å². The Bertz CT molecular complexity index is 1300. The van der Waals surface area contributed by atoms with E-state index in [1.54, 1.807) is 6.07 Å². The summed E-state index contributed by atoms with van der Waals surface area (Å²) in [6.45, 7) is 3.73. The van der Waals surface area contributed by atoms with Crippen LogP contribution in [-0.4, -0.2) is 39.0 Å². The number of carboxylic acids is 1. The minimum atomic E-state index is -0.767.